The van der Waals surface area contributed by atoms with Crippen molar-refractivity contribution in [2.24, 2.45) is 17.6 Å². The Morgan fingerprint density at radius 2 is 1.95 bits per heavy atom. The van der Waals surface area contributed by atoms with Crippen molar-refractivity contribution < 1.29 is 35.1 Å². The SMILES string of the molecule is NC(=O)C(O)(CC1C(CO)C=CC1(O)CO)C(=O)O. The summed E-state index contributed by atoms with van der Waals surface area (Å²) in [5.74, 6) is -5.05. The summed E-state index contributed by atoms with van der Waals surface area (Å²) >= 11 is 0. The Labute approximate surface area is 108 Å². The van der Waals surface area contributed by atoms with Gasteiger partial charge in [0.2, 0.25) is 5.60 Å². The minimum absolute atomic E-state index is 0.433. The highest BCUT2D eigenvalue weighted by Gasteiger charge is 2.52. The fourth-order valence-electron chi connectivity index (χ4n) is 2.22. The van der Waals surface area contributed by atoms with Gasteiger partial charge in [0.15, 0.2) is 0 Å². The van der Waals surface area contributed by atoms with E-state index in [2.05, 4.69) is 0 Å². The molecule has 0 aliphatic heterocycles. The number of carboxylic acids is 1. The van der Waals surface area contributed by atoms with Crippen LogP contribution in [0.1, 0.15) is 6.42 Å². The number of aliphatic hydroxyl groups excluding tert-OH is 2. The summed E-state index contributed by atoms with van der Waals surface area (Å²) in [5.41, 5.74) is 0.189. The molecule has 4 unspecified atom stereocenters. The minimum Gasteiger partial charge on any atom is -0.479 e. The highest BCUT2D eigenvalue weighted by atomic mass is 16.4. The summed E-state index contributed by atoms with van der Waals surface area (Å²) in [5, 5.41) is 47.1. The molecule has 0 aromatic heterocycles. The van der Waals surface area contributed by atoms with E-state index in [1.807, 2.05) is 0 Å². The molecule has 19 heavy (non-hydrogen) atoms. The fourth-order valence-corrected chi connectivity index (χ4v) is 2.22. The van der Waals surface area contributed by atoms with Crippen molar-refractivity contribution in [3.05, 3.63) is 12.2 Å². The average Bonchev–Trinajstić information content (AvgIpc) is 2.66. The number of aliphatic carboxylic acids is 1. The van der Waals surface area contributed by atoms with E-state index in [4.69, 9.17) is 21.1 Å². The predicted molar refractivity (Wildman–Crippen MR) is 61.6 cm³/mol. The topological polar surface area (TPSA) is 161 Å². The van der Waals surface area contributed by atoms with Crippen LogP contribution in [0.3, 0.4) is 0 Å². The molecule has 0 fully saturated rings. The third-order valence-corrected chi connectivity index (χ3v) is 3.53. The second-order valence-electron chi connectivity index (χ2n) is 4.70. The molecule has 0 saturated carbocycles. The Morgan fingerprint density at radius 1 is 1.37 bits per heavy atom. The van der Waals surface area contributed by atoms with Gasteiger partial charge in [0.25, 0.3) is 5.91 Å². The summed E-state index contributed by atoms with van der Waals surface area (Å²) < 4.78 is 0. The number of carbonyl (C=O) groups is 2. The van der Waals surface area contributed by atoms with E-state index in [1.54, 1.807) is 0 Å². The van der Waals surface area contributed by atoms with Crippen molar-refractivity contribution in [3.63, 3.8) is 0 Å². The van der Waals surface area contributed by atoms with Gasteiger partial charge in [0.05, 0.1) is 6.61 Å². The minimum atomic E-state index is -2.87. The molecule has 0 aromatic rings. The molecule has 0 aromatic carbocycles. The molecule has 0 radical (unpaired) electrons. The molecule has 1 amide bonds. The first kappa shape index (κ1) is 15.6. The molecule has 0 spiro atoms. The summed E-state index contributed by atoms with van der Waals surface area (Å²) in [6, 6.07) is 0. The number of nitrogens with two attached hydrogens (primary N) is 1. The lowest BCUT2D eigenvalue weighted by molar-refractivity contribution is -0.170. The fraction of sp³-hybridized carbons (Fsp3) is 0.636. The molecular formula is C11H17NO7. The highest BCUT2D eigenvalue weighted by Crippen LogP contribution is 2.39. The number of carboxylic acid groups (broad SMARTS) is 1. The van der Waals surface area contributed by atoms with E-state index in [1.165, 1.54) is 12.2 Å². The lowest BCUT2D eigenvalue weighted by Crippen LogP contribution is -2.55. The van der Waals surface area contributed by atoms with Gasteiger partial charge in [-0.25, -0.2) is 4.79 Å². The van der Waals surface area contributed by atoms with Gasteiger partial charge in [0.1, 0.15) is 5.60 Å². The third-order valence-electron chi connectivity index (χ3n) is 3.53. The molecule has 8 heteroatoms. The molecule has 4 atom stereocenters. The van der Waals surface area contributed by atoms with Crippen molar-refractivity contribution >= 4 is 11.9 Å². The first-order chi connectivity index (χ1) is 8.71. The van der Waals surface area contributed by atoms with Crippen molar-refractivity contribution in [1.82, 2.24) is 0 Å². The van der Waals surface area contributed by atoms with E-state index in [0.717, 1.165) is 0 Å². The van der Waals surface area contributed by atoms with Gasteiger partial charge < -0.3 is 31.3 Å². The molecule has 7 N–H and O–H groups in total. The largest absolute Gasteiger partial charge is 0.479 e. The second kappa shape index (κ2) is 5.25. The monoisotopic (exact) mass is 275 g/mol. The Hall–Kier alpha value is -1.48. The lowest BCUT2D eigenvalue weighted by Gasteiger charge is -2.34. The van der Waals surface area contributed by atoms with Crippen LogP contribution in [-0.4, -0.2) is 61.8 Å². The second-order valence-corrected chi connectivity index (χ2v) is 4.70. The molecule has 108 valence electrons. The number of aliphatic hydroxyl groups is 4. The summed E-state index contributed by atoms with van der Waals surface area (Å²) in [6.45, 7) is -1.17. The van der Waals surface area contributed by atoms with Gasteiger partial charge >= 0.3 is 5.97 Å². The first-order valence-corrected chi connectivity index (χ1v) is 5.60. The van der Waals surface area contributed by atoms with Gasteiger partial charge in [-0.05, 0) is 0 Å². The van der Waals surface area contributed by atoms with E-state index in [9.17, 15) is 19.8 Å². The van der Waals surface area contributed by atoms with Gasteiger partial charge in [-0.2, -0.15) is 0 Å². The zero-order valence-electron chi connectivity index (χ0n) is 10.1. The maximum absolute atomic E-state index is 11.1. The first-order valence-electron chi connectivity index (χ1n) is 5.60. The number of amides is 1. The Morgan fingerprint density at radius 3 is 2.32 bits per heavy atom. The van der Waals surface area contributed by atoms with Crippen molar-refractivity contribution in [2.75, 3.05) is 13.2 Å². The quantitative estimate of drug-likeness (QED) is 0.225. The van der Waals surface area contributed by atoms with E-state index >= 15 is 0 Å². The van der Waals surface area contributed by atoms with Gasteiger partial charge in [-0.3, -0.25) is 4.79 Å². The summed E-state index contributed by atoms with van der Waals surface area (Å²) in [4.78, 5) is 22.1. The average molecular weight is 275 g/mol. The van der Waals surface area contributed by atoms with E-state index < -0.39 is 54.5 Å². The van der Waals surface area contributed by atoms with Gasteiger partial charge in [0, 0.05) is 24.9 Å². The number of carbonyl (C=O) groups excluding carboxylic acids is 1. The van der Waals surface area contributed by atoms with E-state index in [0.29, 0.717) is 0 Å². The van der Waals surface area contributed by atoms with Crippen LogP contribution in [0.5, 0.6) is 0 Å². The molecule has 8 nitrogen and oxygen atoms in total. The van der Waals surface area contributed by atoms with Crippen LogP contribution in [0.25, 0.3) is 0 Å². The number of hydrogen-bond donors (Lipinski definition) is 6. The van der Waals surface area contributed by atoms with Crippen LogP contribution >= 0.6 is 0 Å². The maximum atomic E-state index is 11.1. The van der Waals surface area contributed by atoms with Crippen molar-refractivity contribution in [3.8, 4) is 0 Å². The molecule has 1 aliphatic rings. The highest BCUT2D eigenvalue weighted by molar-refractivity contribution is 6.04. The van der Waals surface area contributed by atoms with Crippen molar-refractivity contribution in [1.29, 1.82) is 0 Å². The molecule has 0 bridgehead atoms. The number of rotatable bonds is 6. The lowest BCUT2D eigenvalue weighted by atomic mass is 9.76. The van der Waals surface area contributed by atoms with Crippen LogP contribution in [0, 0.1) is 11.8 Å². The smallest absolute Gasteiger partial charge is 0.345 e. The zero-order valence-corrected chi connectivity index (χ0v) is 10.1. The molecule has 0 saturated heterocycles. The predicted octanol–water partition coefficient (Wildman–Crippen LogP) is -2.80. The maximum Gasteiger partial charge on any atom is 0.345 e. The molecule has 1 aliphatic carbocycles. The van der Waals surface area contributed by atoms with Crippen molar-refractivity contribution in [2.45, 2.75) is 17.6 Å². The van der Waals surface area contributed by atoms with Gasteiger partial charge in [-0.1, -0.05) is 12.2 Å². The molecule has 1 rings (SSSR count). The summed E-state index contributed by atoms with van der Waals surface area (Å²) in [7, 11) is 0. The van der Waals surface area contributed by atoms with Gasteiger partial charge in [-0.15, -0.1) is 0 Å². The van der Waals surface area contributed by atoms with Crippen LogP contribution in [0.2, 0.25) is 0 Å². The Bertz CT molecular complexity index is 394. The van der Waals surface area contributed by atoms with Crippen LogP contribution in [0.4, 0.5) is 0 Å². The van der Waals surface area contributed by atoms with E-state index in [-0.39, 0.29) is 0 Å². The third kappa shape index (κ3) is 2.61. The Kier molecular flexibility index (Phi) is 4.31. The standard InChI is InChI=1S/C11H17NO7/c12-8(15)11(19,9(16)17)3-7-6(4-13)1-2-10(7,18)5-14/h1-2,6-7,13-14,18-19H,3-5H2,(H2,12,15)(H,16,17). The van der Waals surface area contributed by atoms with Crippen LogP contribution < -0.4 is 5.73 Å². The number of primary amides is 1. The molecular weight excluding hydrogens is 258 g/mol. The Balaban J connectivity index is 3.06. The normalized spacial score (nSPS) is 33.1. The van der Waals surface area contributed by atoms with Crippen LogP contribution in [-0.2, 0) is 9.59 Å². The summed E-state index contributed by atoms with van der Waals surface area (Å²) in [6.07, 6.45) is 1.89. The number of hydrogen-bond acceptors (Lipinski definition) is 6. The van der Waals surface area contributed by atoms with Crippen LogP contribution in [0.15, 0.2) is 12.2 Å². The zero-order chi connectivity index (χ0) is 14.8. The molecule has 0 heterocycles.